The zero-order valence-corrected chi connectivity index (χ0v) is 22.9. The van der Waals surface area contributed by atoms with Gasteiger partial charge in [-0.1, -0.05) is 67.6 Å². The van der Waals surface area contributed by atoms with E-state index in [4.69, 9.17) is 5.73 Å². The summed E-state index contributed by atoms with van der Waals surface area (Å²) in [4.78, 5) is 56.6. The molecule has 0 bridgehead atoms. The highest BCUT2D eigenvalue weighted by Crippen LogP contribution is 2.37. The Kier molecular flexibility index (Phi) is 9.01. The smallest absolute Gasteiger partial charge is 0.246 e. The van der Waals surface area contributed by atoms with Crippen molar-refractivity contribution < 1.29 is 19.2 Å². The minimum atomic E-state index is -0.793. The molecule has 4 amide bonds. The summed E-state index contributed by atoms with van der Waals surface area (Å²) >= 11 is 0. The highest BCUT2D eigenvalue weighted by atomic mass is 16.2. The molecule has 0 saturated carbocycles. The summed E-state index contributed by atoms with van der Waals surface area (Å²) in [7, 11) is 1.57. The minimum Gasteiger partial charge on any atom is -0.357 e. The van der Waals surface area contributed by atoms with Crippen LogP contribution >= 0.6 is 0 Å². The predicted octanol–water partition coefficient (Wildman–Crippen LogP) is 1.74. The molecule has 2 aromatic rings. The van der Waals surface area contributed by atoms with Gasteiger partial charge in [0.1, 0.15) is 18.1 Å². The van der Waals surface area contributed by atoms with Crippen molar-refractivity contribution in [1.29, 1.82) is 0 Å². The predicted molar refractivity (Wildman–Crippen MR) is 149 cm³/mol. The third-order valence-corrected chi connectivity index (χ3v) is 7.98. The van der Waals surface area contributed by atoms with Gasteiger partial charge in [-0.05, 0) is 37.3 Å². The highest BCUT2D eigenvalue weighted by molar-refractivity contribution is 5.95. The van der Waals surface area contributed by atoms with Crippen LogP contribution in [0.2, 0.25) is 0 Å². The van der Waals surface area contributed by atoms with Crippen LogP contribution < -0.4 is 16.4 Å². The quantitative estimate of drug-likeness (QED) is 0.477. The zero-order valence-electron chi connectivity index (χ0n) is 22.9. The number of amides is 4. The van der Waals surface area contributed by atoms with Crippen LogP contribution in [0, 0.1) is 0 Å². The van der Waals surface area contributed by atoms with Gasteiger partial charge < -0.3 is 26.2 Å². The number of nitrogens with two attached hydrogens (primary N) is 1. The Labute approximate surface area is 230 Å². The van der Waals surface area contributed by atoms with Gasteiger partial charge in [0.15, 0.2) is 0 Å². The molecule has 2 aromatic carbocycles. The van der Waals surface area contributed by atoms with Crippen LogP contribution in [0.15, 0.2) is 60.7 Å². The topological polar surface area (TPSA) is 125 Å². The highest BCUT2D eigenvalue weighted by Gasteiger charge is 2.48. The molecule has 2 aliphatic heterocycles. The summed E-state index contributed by atoms with van der Waals surface area (Å²) < 4.78 is 0. The molecule has 4 N–H and O–H groups in total. The Balaban J connectivity index is 1.64. The number of rotatable bonds is 8. The number of benzene rings is 2. The third-order valence-electron chi connectivity index (χ3n) is 7.98. The zero-order chi connectivity index (χ0) is 28.1. The van der Waals surface area contributed by atoms with Crippen molar-refractivity contribution >= 4 is 23.6 Å². The van der Waals surface area contributed by atoms with E-state index in [2.05, 4.69) is 10.6 Å². The minimum absolute atomic E-state index is 0.0154. The second kappa shape index (κ2) is 12.4. The van der Waals surface area contributed by atoms with E-state index in [1.54, 1.807) is 23.8 Å². The van der Waals surface area contributed by atoms with Crippen LogP contribution in [-0.2, 0) is 19.2 Å². The normalized spacial score (nSPS) is 24.2. The van der Waals surface area contributed by atoms with Crippen LogP contribution in [-0.4, -0.2) is 77.7 Å². The molecule has 0 aromatic heterocycles. The van der Waals surface area contributed by atoms with Crippen molar-refractivity contribution in [3.8, 4) is 0 Å². The van der Waals surface area contributed by atoms with Crippen LogP contribution in [0.1, 0.15) is 56.1 Å². The molecule has 39 heavy (non-hydrogen) atoms. The fraction of sp³-hybridized carbons (Fsp3) is 0.467. The van der Waals surface area contributed by atoms with Crippen molar-refractivity contribution in [2.45, 2.75) is 69.1 Å². The van der Waals surface area contributed by atoms with E-state index in [-0.39, 0.29) is 29.6 Å². The number of hydrogen-bond donors (Lipinski definition) is 3. The second-order valence-corrected chi connectivity index (χ2v) is 10.6. The lowest BCUT2D eigenvalue weighted by Gasteiger charge is -2.32. The molecule has 208 valence electrons. The van der Waals surface area contributed by atoms with Crippen molar-refractivity contribution in [1.82, 2.24) is 20.4 Å². The Morgan fingerprint density at radius 1 is 0.872 bits per heavy atom. The van der Waals surface area contributed by atoms with Crippen molar-refractivity contribution in [2.75, 3.05) is 20.1 Å². The molecular weight excluding hydrogens is 494 g/mol. The number of carbonyl (C=O) groups excluding carboxylic acids is 4. The lowest BCUT2D eigenvalue weighted by Crippen LogP contribution is -2.57. The van der Waals surface area contributed by atoms with Gasteiger partial charge in [-0.25, -0.2) is 0 Å². The summed E-state index contributed by atoms with van der Waals surface area (Å²) in [5.74, 6) is -1.20. The first kappa shape index (κ1) is 28.3. The maximum atomic E-state index is 14.2. The number of nitrogens with zero attached hydrogens (tertiary/aromatic N) is 2. The monoisotopic (exact) mass is 533 g/mol. The molecule has 9 nitrogen and oxygen atoms in total. The molecule has 0 radical (unpaired) electrons. The van der Waals surface area contributed by atoms with Gasteiger partial charge in [-0.2, -0.15) is 0 Å². The van der Waals surface area contributed by atoms with E-state index in [0.29, 0.717) is 32.4 Å². The lowest BCUT2D eigenvalue weighted by molar-refractivity contribution is -0.147. The molecule has 6 atom stereocenters. The molecule has 2 saturated heterocycles. The maximum absolute atomic E-state index is 14.2. The number of hydrogen-bond acceptors (Lipinski definition) is 5. The molecule has 0 unspecified atom stereocenters. The molecule has 2 heterocycles. The Morgan fingerprint density at radius 2 is 1.38 bits per heavy atom. The summed E-state index contributed by atoms with van der Waals surface area (Å²) in [6.07, 6.45) is 1.32. The average molecular weight is 534 g/mol. The Hall–Kier alpha value is -3.72. The van der Waals surface area contributed by atoms with E-state index in [9.17, 15) is 19.2 Å². The molecular formula is C30H39N5O4. The SMILES string of the molecule is CC[C@H](NC(=O)[C@H](C)N)C(=O)N1C[C@@H](c2ccccc2)C[C@H]1C(=O)N1C[C@@H](c2ccccc2)C[C@H]1C(=O)NC. The molecule has 4 rings (SSSR count). The maximum Gasteiger partial charge on any atom is 0.246 e. The van der Waals surface area contributed by atoms with Crippen molar-refractivity contribution in [3.63, 3.8) is 0 Å². The van der Waals surface area contributed by atoms with Gasteiger partial charge in [0.05, 0.1) is 6.04 Å². The largest absolute Gasteiger partial charge is 0.357 e. The third kappa shape index (κ3) is 6.14. The Morgan fingerprint density at radius 3 is 1.87 bits per heavy atom. The lowest BCUT2D eigenvalue weighted by atomic mass is 9.96. The summed E-state index contributed by atoms with van der Waals surface area (Å²) in [6, 6.07) is 16.8. The molecule has 2 fully saturated rings. The average Bonchev–Trinajstić information content (AvgIpc) is 3.61. The first-order valence-corrected chi connectivity index (χ1v) is 13.7. The Bertz CT molecular complexity index is 1170. The fourth-order valence-electron chi connectivity index (χ4n) is 5.77. The van der Waals surface area contributed by atoms with Crippen LogP contribution in [0.3, 0.4) is 0 Å². The second-order valence-electron chi connectivity index (χ2n) is 10.6. The first-order valence-electron chi connectivity index (χ1n) is 13.7. The summed E-state index contributed by atoms with van der Waals surface area (Å²) in [5.41, 5.74) is 7.85. The first-order chi connectivity index (χ1) is 18.7. The van der Waals surface area contributed by atoms with Gasteiger partial charge in [0.2, 0.25) is 23.6 Å². The summed E-state index contributed by atoms with van der Waals surface area (Å²) in [6.45, 7) is 4.13. The van der Waals surface area contributed by atoms with Crippen LogP contribution in [0.5, 0.6) is 0 Å². The van der Waals surface area contributed by atoms with Crippen LogP contribution in [0.25, 0.3) is 0 Å². The van der Waals surface area contributed by atoms with Gasteiger partial charge in [-0.15, -0.1) is 0 Å². The summed E-state index contributed by atoms with van der Waals surface area (Å²) in [5, 5.41) is 5.46. The standard InChI is InChI=1S/C30H39N5O4/c1-4-24(33-27(36)19(2)31)29(38)35-18-23(21-13-9-6-10-14-21)16-26(35)30(39)34-17-22(15-25(34)28(37)32-3)20-11-7-5-8-12-20/h5-14,19,22-26H,4,15-18,31H2,1-3H3,(H,32,37)(H,33,36)/t19-,22-,23-,24-,25-,26-/m0/s1. The van der Waals surface area contributed by atoms with E-state index >= 15 is 0 Å². The van der Waals surface area contributed by atoms with Crippen molar-refractivity contribution in [3.05, 3.63) is 71.8 Å². The van der Waals surface area contributed by atoms with Gasteiger partial charge in [0.25, 0.3) is 0 Å². The molecule has 0 spiro atoms. The van der Waals surface area contributed by atoms with Crippen LogP contribution in [0.4, 0.5) is 0 Å². The molecule has 9 heteroatoms. The van der Waals surface area contributed by atoms with Gasteiger partial charge in [-0.3, -0.25) is 19.2 Å². The number of nitrogens with one attached hydrogen (secondary N) is 2. The van der Waals surface area contributed by atoms with E-state index in [1.807, 2.05) is 67.6 Å². The van der Waals surface area contributed by atoms with Crippen molar-refractivity contribution in [2.24, 2.45) is 5.73 Å². The fourth-order valence-corrected chi connectivity index (χ4v) is 5.77. The number of likely N-dealkylation sites (N-methyl/N-ethyl adjacent to an activating group) is 1. The number of likely N-dealkylation sites (tertiary alicyclic amines) is 2. The van der Waals surface area contributed by atoms with E-state index in [1.165, 1.54) is 0 Å². The van der Waals surface area contributed by atoms with E-state index < -0.39 is 30.1 Å². The molecule has 0 aliphatic carbocycles. The van der Waals surface area contributed by atoms with Gasteiger partial charge >= 0.3 is 0 Å². The number of carbonyl (C=O) groups is 4. The van der Waals surface area contributed by atoms with Gasteiger partial charge in [0, 0.05) is 32.0 Å². The van der Waals surface area contributed by atoms with E-state index in [0.717, 1.165) is 11.1 Å². The molecule has 2 aliphatic rings.